The van der Waals surface area contributed by atoms with Crippen molar-refractivity contribution in [3.05, 3.63) is 29.8 Å². The second-order valence-electron chi connectivity index (χ2n) is 4.69. The standard InChI is InChI=1S/C13H18N2O5S/c1-9(15(2)12(16)6-7-13(17)18)10-4-3-5-11(8-10)21(14,19)20/h3-5,8-9H,6-7H2,1-2H3,(H,17,18)(H2,14,19,20). The Labute approximate surface area is 123 Å². The van der Waals surface area contributed by atoms with Crippen molar-refractivity contribution in [3.63, 3.8) is 0 Å². The lowest BCUT2D eigenvalue weighted by molar-refractivity contribution is -0.141. The summed E-state index contributed by atoms with van der Waals surface area (Å²) in [4.78, 5) is 23.7. The fourth-order valence-corrected chi connectivity index (χ4v) is 2.35. The van der Waals surface area contributed by atoms with Crippen molar-refractivity contribution in [1.29, 1.82) is 0 Å². The summed E-state index contributed by atoms with van der Waals surface area (Å²) >= 11 is 0. The number of hydrogen-bond donors (Lipinski definition) is 2. The molecular formula is C13H18N2O5S. The molecule has 0 radical (unpaired) electrons. The van der Waals surface area contributed by atoms with Gasteiger partial charge in [-0.2, -0.15) is 0 Å². The van der Waals surface area contributed by atoms with Crippen molar-refractivity contribution in [2.45, 2.75) is 30.7 Å². The van der Waals surface area contributed by atoms with Gasteiger partial charge < -0.3 is 10.0 Å². The van der Waals surface area contributed by atoms with Crippen LogP contribution in [0, 0.1) is 0 Å². The first-order chi connectivity index (χ1) is 9.62. The molecule has 0 aromatic heterocycles. The minimum absolute atomic E-state index is 0.0294. The normalized spacial score (nSPS) is 12.7. The molecule has 1 aromatic rings. The second-order valence-corrected chi connectivity index (χ2v) is 6.25. The number of amides is 1. The Kier molecular flexibility index (Phi) is 5.45. The molecule has 0 aliphatic carbocycles. The largest absolute Gasteiger partial charge is 0.481 e. The van der Waals surface area contributed by atoms with Crippen molar-refractivity contribution in [3.8, 4) is 0 Å². The van der Waals surface area contributed by atoms with E-state index < -0.39 is 22.0 Å². The van der Waals surface area contributed by atoms with Crippen LogP contribution in [0.2, 0.25) is 0 Å². The molecule has 0 aliphatic heterocycles. The zero-order valence-corrected chi connectivity index (χ0v) is 12.6. The molecule has 0 saturated heterocycles. The maximum absolute atomic E-state index is 11.9. The van der Waals surface area contributed by atoms with E-state index in [0.29, 0.717) is 5.56 Å². The third-order valence-electron chi connectivity index (χ3n) is 3.20. The lowest BCUT2D eigenvalue weighted by atomic mass is 10.1. The Bertz CT molecular complexity index is 642. The first-order valence-electron chi connectivity index (χ1n) is 6.23. The number of hydrogen-bond acceptors (Lipinski definition) is 4. The van der Waals surface area contributed by atoms with Gasteiger partial charge in [-0.1, -0.05) is 12.1 Å². The van der Waals surface area contributed by atoms with Crippen LogP contribution in [0.15, 0.2) is 29.2 Å². The van der Waals surface area contributed by atoms with E-state index in [1.807, 2.05) is 0 Å². The summed E-state index contributed by atoms with van der Waals surface area (Å²) in [6.07, 6.45) is -0.349. The topological polar surface area (TPSA) is 118 Å². The first-order valence-corrected chi connectivity index (χ1v) is 7.77. The highest BCUT2D eigenvalue weighted by Crippen LogP contribution is 2.22. The van der Waals surface area contributed by atoms with Crippen LogP contribution >= 0.6 is 0 Å². The molecule has 0 fully saturated rings. The monoisotopic (exact) mass is 314 g/mol. The van der Waals surface area contributed by atoms with Gasteiger partial charge in [-0.3, -0.25) is 9.59 Å². The molecule has 0 bridgehead atoms. The van der Waals surface area contributed by atoms with Gasteiger partial charge in [-0.15, -0.1) is 0 Å². The summed E-state index contributed by atoms with van der Waals surface area (Å²) in [5.74, 6) is -1.37. The highest BCUT2D eigenvalue weighted by molar-refractivity contribution is 7.89. The van der Waals surface area contributed by atoms with Crippen LogP contribution in [-0.4, -0.2) is 37.3 Å². The van der Waals surface area contributed by atoms with Gasteiger partial charge in [0.2, 0.25) is 15.9 Å². The van der Waals surface area contributed by atoms with E-state index in [1.165, 1.54) is 17.0 Å². The number of carboxylic acids is 1. The molecule has 116 valence electrons. The van der Waals surface area contributed by atoms with Gasteiger partial charge in [-0.25, -0.2) is 13.6 Å². The summed E-state index contributed by atoms with van der Waals surface area (Å²) in [5, 5.41) is 13.6. The number of nitrogens with zero attached hydrogens (tertiary/aromatic N) is 1. The number of primary sulfonamides is 1. The molecule has 1 atom stereocenters. The maximum Gasteiger partial charge on any atom is 0.303 e. The summed E-state index contributed by atoms with van der Waals surface area (Å²) in [7, 11) is -2.27. The Morgan fingerprint density at radius 3 is 2.48 bits per heavy atom. The average Bonchev–Trinajstić information content (AvgIpc) is 2.42. The van der Waals surface area contributed by atoms with Gasteiger partial charge in [0.15, 0.2) is 0 Å². The lowest BCUT2D eigenvalue weighted by Gasteiger charge is -2.25. The van der Waals surface area contributed by atoms with Gasteiger partial charge in [-0.05, 0) is 24.6 Å². The number of aliphatic carboxylic acids is 1. The molecular weight excluding hydrogens is 296 g/mol. The van der Waals surface area contributed by atoms with Crippen molar-refractivity contribution >= 4 is 21.9 Å². The fraction of sp³-hybridized carbons (Fsp3) is 0.385. The fourth-order valence-electron chi connectivity index (χ4n) is 1.78. The number of benzene rings is 1. The van der Waals surface area contributed by atoms with Gasteiger partial charge in [0.1, 0.15) is 0 Å². The molecule has 1 aromatic carbocycles. The minimum atomic E-state index is -3.81. The molecule has 1 unspecified atom stereocenters. The predicted molar refractivity (Wildman–Crippen MR) is 75.9 cm³/mol. The van der Waals surface area contributed by atoms with Crippen LogP contribution in [-0.2, 0) is 19.6 Å². The van der Waals surface area contributed by atoms with Crippen LogP contribution in [0.3, 0.4) is 0 Å². The molecule has 0 heterocycles. The zero-order chi connectivity index (χ0) is 16.2. The highest BCUT2D eigenvalue weighted by Gasteiger charge is 2.19. The number of sulfonamides is 1. The Morgan fingerprint density at radius 2 is 1.95 bits per heavy atom. The number of rotatable bonds is 6. The van der Waals surface area contributed by atoms with Crippen molar-refractivity contribution in [1.82, 2.24) is 4.90 Å². The summed E-state index contributed by atoms with van der Waals surface area (Å²) < 4.78 is 22.6. The molecule has 21 heavy (non-hydrogen) atoms. The van der Waals surface area contributed by atoms with E-state index in [4.69, 9.17) is 10.2 Å². The molecule has 7 nitrogen and oxygen atoms in total. The molecule has 8 heteroatoms. The van der Waals surface area contributed by atoms with Crippen LogP contribution in [0.4, 0.5) is 0 Å². The van der Waals surface area contributed by atoms with E-state index in [1.54, 1.807) is 26.1 Å². The van der Waals surface area contributed by atoms with Crippen LogP contribution in [0.25, 0.3) is 0 Å². The quantitative estimate of drug-likeness (QED) is 0.802. The van der Waals surface area contributed by atoms with Gasteiger partial charge in [0, 0.05) is 13.5 Å². The second kappa shape index (κ2) is 6.68. The van der Waals surface area contributed by atoms with E-state index in [-0.39, 0.29) is 23.6 Å². The minimum Gasteiger partial charge on any atom is -0.481 e. The van der Waals surface area contributed by atoms with Crippen LogP contribution in [0.1, 0.15) is 31.4 Å². The summed E-state index contributed by atoms with van der Waals surface area (Å²) in [5.41, 5.74) is 0.604. The zero-order valence-electron chi connectivity index (χ0n) is 11.8. The van der Waals surface area contributed by atoms with E-state index in [9.17, 15) is 18.0 Å². The van der Waals surface area contributed by atoms with E-state index in [2.05, 4.69) is 0 Å². The van der Waals surface area contributed by atoms with Gasteiger partial charge in [0.25, 0.3) is 0 Å². The average molecular weight is 314 g/mol. The lowest BCUT2D eigenvalue weighted by Crippen LogP contribution is -2.30. The Hall–Kier alpha value is -1.93. The highest BCUT2D eigenvalue weighted by atomic mass is 32.2. The maximum atomic E-state index is 11.9. The van der Waals surface area contributed by atoms with Crippen LogP contribution < -0.4 is 5.14 Å². The van der Waals surface area contributed by atoms with Crippen molar-refractivity contribution < 1.29 is 23.1 Å². The van der Waals surface area contributed by atoms with Gasteiger partial charge in [0.05, 0.1) is 17.4 Å². The molecule has 3 N–H and O–H groups in total. The smallest absolute Gasteiger partial charge is 0.303 e. The SMILES string of the molecule is CC(c1cccc(S(N)(=O)=O)c1)N(C)C(=O)CCC(=O)O. The first kappa shape index (κ1) is 17.1. The number of carbonyl (C=O) groups excluding carboxylic acids is 1. The predicted octanol–water partition coefficient (Wildman–Crippen LogP) is 0.718. The Balaban J connectivity index is 2.90. The number of carboxylic acid groups (broad SMARTS) is 1. The van der Waals surface area contributed by atoms with E-state index >= 15 is 0 Å². The number of carbonyl (C=O) groups is 2. The van der Waals surface area contributed by atoms with Crippen molar-refractivity contribution in [2.24, 2.45) is 5.14 Å². The third kappa shape index (κ3) is 4.83. The van der Waals surface area contributed by atoms with Crippen molar-refractivity contribution in [2.75, 3.05) is 7.05 Å². The molecule has 1 amide bonds. The number of nitrogens with two attached hydrogens (primary N) is 1. The molecule has 1 rings (SSSR count). The van der Waals surface area contributed by atoms with Gasteiger partial charge >= 0.3 is 5.97 Å². The molecule has 0 saturated carbocycles. The summed E-state index contributed by atoms with van der Waals surface area (Å²) in [6.45, 7) is 1.72. The van der Waals surface area contributed by atoms with Crippen LogP contribution in [0.5, 0.6) is 0 Å². The van der Waals surface area contributed by atoms with E-state index in [0.717, 1.165) is 0 Å². The third-order valence-corrected chi connectivity index (χ3v) is 4.11. The molecule has 0 aliphatic rings. The molecule has 0 spiro atoms. The summed E-state index contributed by atoms with van der Waals surface area (Å²) in [6, 6.07) is 5.60. The Morgan fingerprint density at radius 1 is 1.33 bits per heavy atom.